The minimum atomic E-state index is -0.146. The summed E-state index contributed by atoms with van der Waals surface area (Å²) >= 11 is 0. The zero-order valence-electron chi connectivity index (χ0n) is 9.96. The Hall–Kier alpha value is -2.82. The van der Waals surface area contributed by atoms with Gasteiger partial charge in [-0.1, -0.05) is 35.5 Å². The van der Waals surface area contributed by atoms with Crippen molar-refractivity contribution < 1.29 is 4.52 Å². The molecule has 0 atom stereocenters. The Bertz CT molecular complexity index is 760. The van der Waals surface area contributed by atoms with Gasteiger partial charge < -0.3 is 15.2 Å². The summed E-state index contributed by atoms with van der Waals surface area (Å²) in [5.41, 5.74) is 7.60. The van der Waals surface area contributed by atoms with E-state index in [1.807, 2.05) is 30.3 Å². The Morgan fingerprint density at radius 2 is 1.95 bits per heavy atom. The monoisotopic (exact) mass is 253 g/mol. The van der Waals surface area contributed by atoms with Gasteiger partial charge >= 0.3 is 0 Å². The van der Waals surface area contributed by atoms with Gasteiger partial charge in [0.25, 0.3) is 0 Å². The zero-order valence-corrected chi connectivity index (χ0v) is 9.96. The van der Waals surface area contributed by atoms with E-state index < -0.39 is 0 Å². The van der Waals surface area contributed by atoms with Crippen molar-refractivity contribution in [1.29, 1.82) is 0 Å². The topological polar surface area (TPSA) is 84.9 Å². The normalized spacial score (nSPS) is 10.5. The van der Waals surface area contributed by atoms with Gasteiger partial charge in [-0.2, -0.15) is 0 Å². The van der Waals surface area contributed by atoms with E-state index in [1.54, 1.807) is 12.4 Å². The molecule has 1 aromatic carbocycles. The summed E-state index contributed by atoms with van der Waals surface area (Å²) in [4.78, 5) is 14.7. The maximum Gasteiger partial charge on any atom is 0.192 e. The van der Waals surface area contributed by atoms with E-state index >= 15 is 0 Å². The molecule has 3 rings (SSSR count). The van der Waals surface area contributed by atoms with Gasteiger partial charge in [0.15, 0.2) is 17.0 Å². The fraction of sp³-hybridized carbons (Fsp3) is 0. The Labute approximate surface area is 108 Å². The Morgan fingerprint density at radius 3 is 2.68 bits per heavy atom. The Kier molecular flexibility index (Phi) is 2.64. The Morgan fingerprint density at radius 1 is 1.16 bits per heavy atom. The molecular weight excluding hydrogens is 242 g/mol. The molecule has 2 heterocycles. The van der Waals surface area contributed by atoms with Crippen molar-refractivity contribution in [2.75, 3.05) is 5.73 Å². The number of benzene rings is 1. The van der Waals surface area contributed by atoms with Crippen molar-refractivity contribution in [3.8, 4) is 22.5 Å². The molecule has 0 aliphatic heterocycles. The number of aromatic amines is 1. The van der Waals surface area contributed by atoms with Gasteiger partial charge in [-0.05, 0) is 5.56 Å². The molecule has 0 saturated heterocycles. The van der Waals surface area contributed by atoms with Crippen LogP contribution >= 0.6 is 0 Å². The van der Waals surface area contributed by atoms with E-state index in [4.69, 9.17) is 10.3 Å². The van der Waals surface area contributed by atoms with Crippen LogP contribution in [0.25, 0.3) is 22.5 Å². The second-order valence-electron chi connectivity index (χ2n) is 4.06. The number of nitrogens with two attached hydrogens (primary N) is 1. The summed E-state index contributed by atoms with van der Waals surface area (Å²) in [6.45, 7) is 0. The van der Waals surface area contributed by atoms with Crippen LogP contribution in [0.1, 0.15) is 0 Å². The largest absolute Gasteiger partial charge is 0.380 e. The fourth-order valence-electron chi connectivity index (χ4n) is 1.96. The molecule has 0 radical (unpaired) electrons. The van der Waals surface area contributed by atoms with Crippen LogP contribution in [0.15, 0.2) is 58.1 Å². The summed E-state index contributed by atoms with van der Waals surface area (Å²) in [6.07, 6.45) is 3.14. The SMILES string of the molecule is Nc1noc(-c2c[nH]ccc2=O)c1-c1ccccc1. The molecule has 3 aromatic rings. The first-order valence-electron chi connectivity index (χ1n) is 5.75. The highest BCUT2D eigenvalue weighted by atomic mass is 16.5. The van der Waals surface area contributed by atoms with Crippen LogP contribution in [0.2, 0.25) is 0 Å². The standard InChI is InChI=1S/C14H11N3O2/c15-14-12(9-4-2-1-3-5-9)13(19-17-14)10-8-16-7-6-11(10)18/h1-8H,(H2,15,17)(H,16,18). The van der Waals surface area contributed by atoms with Gasteiger partial charge in [0.05, 0.1) is 11.1 Å². The molecule has 5 nitrogen and oxygen atoms in total. The van der Waals surface area contributed by atoms with Crippen LogP contribution < -0.4 is 11.2 Å². The lowest BCUT2D eigenvalue weighted by molar-refractivity contribution is 0.435. The molecular formula is C14H11N3O2. The maximum atomic E-state index is 11.9. The molecule has 0 spiro atoms. The van der Waals surface area contributed by atoms with Crippen molar-refractivity contribution in [3.63, 3.8) is 0 Å². The molecule has 5 heteroatoms. The molecule has 94 valence electrons. The minimum Gasteiger partial charge on any atom is -0.380 e. The van der Waals surface area contributed by atoms with Crippen molar-refractivity contribution in [3.05, 3.63) is 59.0 Å². The van der Waals surface area contributed by atoms with Crippen molar-refractivity contribution in [2.24, 2.45) is 0 Å². The van der Waals surface area contributed by atoms with Gasteiger partial charge in [-0.15, -0.1) is 0 Å². The van der Waals surface area contributed by atoms with Crippen molar-refractivity contribution >= 4 is 5.82 Å². The van der Waals surface area contributed by atoms with E-state index in [-0.39, 0.29) is 11.2 Å². The van der Waals surface area contributed by atoms with Gasteiger partial charge in [0.2, 0.25) is 0 Å². The third-order valence-corrected chi connectivity index (χ3v) is 2.85. The quantitative estimate of drug-likeness (QED) is 0.733. The fourth-order valence-corrected chi connectivity index (χ4v) is 1.96. The average molecular weight is 253 g/mol. The molecule has 0 amide bonds. The molecule has 0 unspecified atom stereocenters. The summed E-state index contributed by atoms with van der Waals surface area (Å²) in [5, 5.41) is 3.76. The lowest BCUT2D eigenvalue weighted by atomic mass is 10.0. The third-order valence-electron chi connectivity index (χ3n) is 2.85. The average Bonchev–Trinajstić information content (AvgIpc) is 2.82. The van der Waals surface area contributed by atoms with E-state index in [2.05, 4.69) is 10.1 Å². The highest BCUT2D eigenvalue weighted by molar-refractivity contribution is 5.86. The first-order chi connectivity index (χ1) is 9.27. The first-order valence-corrected chi connectivity index (χ1v) is 5.75. The molecule has 0 aliphatic carbocycles. The van der Waals surface area contributed by atoms with Crippen LogP contribution in [0.5, 0.6) is 0 Å². The van der Waals surface area contributed by atoms with E-state index in [1.165, 1.54) is 6.07 Å². The molecule has 3 N–H and O–H groups in total. The van der Waals surface area contributed by atoms with Crippen LogP contribution in [-0.4, -0.2) is 10.1 Å². The van der Waals surface area contributed by atoms with Crippen LogP contribution in [-0.2, 0) is 0 Å². The molecule has 0 fully saturated rings. The number of rotatable bonds is 2. The second kappa shape index (κ2) is 4.45. The molecule has 0 aliphatic rings. The highest BCUT2D eigenvalue weighted by Crippen LogP contribution is 2.34. The minimum absolute atomic E-state index is 0.146. The van der Waals surface area contributed by atoms with Crippen molar-refractivity contribution in [2.45, 2.75) is 0 Å². The second-order valence-corrected chi connectivity index (χ2v) is 4.06. The predicted molar refractivity (Wildman–Crippen MR) is 72.4 cm³/mol. The van der Waals surface area contributed by atoms with E-state index in [0.717, 1.165) is 5.56 Å². The Balaban J connectivity index is 2.26. The van der Waals surface area contributed by atoms with E-state index in [0.29, 0.717) is 16.9 Å². The number of nitrogens with one attached hydrogen (secondary N) is 1. The zero-order chi connectivity index (χ0) is 13.2. The van der Waals surface area contributed by atoms with Crippen molar-refractivity contribution in [1.82, 2.24) is 10.1 Å². The summed E-state index contributed by atoms with van der Waals surface area (Å²) in [5.74, 6) is 0.648. The smallest absolute Gasteiger partial charge is 0.192 e. The lowest BCUT2D eigenvalue weighted by Crippen LogP contribution is -2.02. The lowest BCUT2D eigenvalue weighted by Gasteiger charge is -2.01. The number of pyridine rings is 1. The number of anilines is 1. The van der Waals surface area contributed by atoms with Crippen LogP contribution in [0.3, 0.4) is 0 Å². The third kappa shape index (κ3) is 1.91. The number of H-pyrrole nitrogens is 1. The van der Waals surface area contributed by atoms with Gasteiger partial charge in [0.1, 0.15) is 0 Å². The van der Waals surface area contributed by atoms with Gasteiger partial charge in [-0.3, -0.25) is 4.79 Å². The van der Waals surface area contributed by atoms with Crippen LogP contribution in [0.4, 0.5) is 5.82 Å². The number of nitrogens with zero attached hydrogens (tertiary/aromatic N) is 1. The number of hydrogen-bond donors (Lipinski definition) is 2. The predicted octanol–water partition coefficient (Wildman–Crippen LogP) is 2.28. The maximum absolute atomic E-state index is 11.9. The van der Waals surface area contributed by atoms with Gasteiger partial charge in [-0.25, -0.2) is 0 Å². The summed E-state index contributed by atoms with van der Waals surface area (Å²) in [7, 11) is 0. The number of aromatic nitrogens is 2. The number of nitrogen functional groups attached to an aromatic ring is 1. The van der Waals surface area contributed by atoms with E-state index in [9.17, 15) is 4.79 Å². The molecule has 0 bridgehead atoms. The van der Waals surface area contributed by atoms with Crippen LogP contribution in [0, 0.1) is 0 Å². The summed E-state index contributed by atoms with van der Waals surface area (Å²) in [6, 6.07) is 10.9. The molecule has 2 aromatic heterocycles. The highest BCUT2D eigenvalue weighted by Gasteiger charge is 2.19. The molecule has 19 heavy (non-hydrogen) atoms. The molecule has 0 saturated carbocycles. The first kappa shape index (κ1) is 11.3. The number of hydrogen-bond acceptors (Lipinski definition) is 4. The van der Waals surface area contributed by atoms with Gasteiger partial charge in [0, 0.05) is 18.5 Å². The summed E-state index contributed by atoms with van der Waals surface area (Å²) < 4.78 is 5.22.